The van der Waals surface area contributed by atoms with Crippen molar-refractivity contribution in [2.24, 2.45) is 0 Å². The summed E-state index contributed by atoms with van der Waals surface area (Å²) < 4.78 is 14.4. The SMILES string of the molecule is Nc1ccc(-c2nc3ccc(SC(CO)CO)cc3s2)nc1F. The smallest absolute Gasteiger partial charge is 0.236 e. The Hall–Kier alpha value is -1.74. The first-order valence-corrected chi connectivity index (χ1v) is 8.51. The lowest BCUT2D eigenvalue weighted by Gasteiger charge is -2.09. The van der Waals surface area contributed by atoms with Gasteiger partial charge in [0.1, 0.15) is 10.7 Å². The van der Waals surface area contributed by atoms with Gasteiger partial charge >= 0.3 is 0 Å². The Labute approximate surface area is 140 Å². The predicted octanol–water partition coefficient (Wildman–Crippen LogP) is 2.52. The van der Waals surface area contributed by atoms with Gasteiger partial charge in [0.25, 0.3) is 0 Å². The van der Waals surface area contributed by atoms with Crippen molar-refractivity contribution in [3.8, 4) is 10.7 Å². The van der Waals surface area contributed by atoms with Gasteiger partial charge in [-0.2, -0.15) is 4.39 Å². The van der Waals surface area contributed by atoms with Gasteiger partial charge in [-0.15, -0.1) is 23.1 Å². The normalized spacial score (nSPS) is 11.5. The third kappa shape index (κ3) is 3.45. The number of halogens is 1. The highest BCUT2D eigenvalue weighted by atomic mass is 32.2. The quantitative estimate of drug-likeness (QED) is 0.483. The number of thiazole rings is 1. The second-order valence-corrected chi connectivity index (χ2v) is 7.23. The van der Waals surface area contributed by atoms with Crippen molar-refractivity contribution in [3.63, 3.8) is 0 Å². The number of anilines is 1. The number of benzene rings is 1. The van der Waals surface area contributed by atoms with E-state index in [4.69, 9.17) is 15.9 Å². The number of hydrogen-bond acceptors (Lipinski definition) is 7. The average Bonchev–Trinajstić information content (AvgIpc) is 2.98. The first-order chi connectivity index (χ1) is 11.1. The van der Waals surface area contributed by atoms with Crippen LogP contribution in [0.25, 0.3) is 20.9 Å². The molecule has 5 nitrogen and oxygen atoms in total. The standard InChI is InChI=1S/C15H14FN3O2S2/c16-14-10(17)2-4-12(18-14)15-19-11-3-1-8(5-13(11)23-15)22-9(6-20)7-21/h1-5,9,20-21H,6-7,17H2. The molecular formula is C15H14FN3O2S2. The summed E-state index contributed by atoms with van der Waals surface area (Å²) in [5.74, 6) is -0.702. The second kappa shape index (κ2) is 6.79. The zero-order valence-corrected chi connectivity index (χ0v) is 13.6. The summed E-state index contributed by atoms with van der Waals surface area (Å²) >= 11 is 2.80. The largest absolute Gasteiger partial charge is 0.395 e. The fraction of sp³-hybridized carbons (Fsp3) is 0.200. The zero-order valence-electron chi connectivity index (χ0n) is 11.9. The summed E-state index contributed by atoms with van der Waals surface area (Å²) in [5.41, 5.74) is 6.67. The van der Waals surface area contributed by atoms with E-state index in [1.807, 2.05) is 18.2 Å². The Balaban J connectivity index is 1.94. The van der Waals surface area contributed by atoms with Gasteiger partial charge in [-0.1, -0.05) is 0 Å². The number of rotatable bonds is 5. The van der Waals surface area contributed by atoms with Crippen LogP contribution in [0.1, 0.15) is 0 Å². The number of pyridine rings is 1. The molecule has 120 valence electrons. The molecule has 0 saturated heterocycles. The van der Waals surface area contributed by atoms with Crippen molar-refractivity contribution in [3.05, 3.63) is 36.3 Å². The van der Waals surface area contributed by atoms with Crippen LogP contribution in [0.15, 0.2) is 35.2 Å². The van der Waals surface area contributed by atoms with Crippen molar-refractivity contribution in [1.82, 2.24) is 9.97 Å². The van der Waals surface area contributed by atoms with Crippen LogP contribution in [0, 0.1) is 5.95 Å². The van der Waals surface area contributed by atoms with E-state index in [1.54, 1.807) is 6.07 Å². The molecule has 3 aromatic rings. The summed E-state index contributed by atoms with van der Waals surface area (Å²) in [6.07, 6.45) is 0. The lowest BCUT2D eigenvalue weighted by atomic mass is 10.3. The number of aromatic nitrogens is 2. The first-order valence-electron chi connectivity index (χ1n) is 6.82. The van der Waals surface area contributed by atoms with Crippen LogP contribution in [0.2, 0.25) is 0 Å². The molecule has 0 unspecified atom stereocenters. The maximum Gasteiger partial charge on any atom is 0.236 e. The number of nitrogens with two attached hydrogens (primary N) is 1. The van der Waals surface area contributed by atoms with Gasteiger partial charge in [0.05, 0.1) is 34.4 Å². The molecule has 0 amide bonds. The summed E-state index contributed by atoms with van der Waals surface area (Å²) in [6.45, 7) is -0.191. The Morgan fingerprint density at radius 1 is 1.17 bits per heavy atom. The Morgan fingerprint density at radius 3 is 2.65 bits per heavy atom. The first kappa shape index (κ1) is 16.1. The molecule has 0 atom stereocenters. The molecule has 0 radical (unpaired) electrons. The Kier molecular flexibility index (Phi) is 4.76. The van der Waals surface area contributed by atoms with Gasteiger partial charge in [-0.25, -0.2) is 9.97 Å². The lowest BCUT2D eigenvalue weighted by molar-refractivity contribution is 0.228. The van der Waals surface area contributed by atoms with E-state index in [0.29, 0.717) is 10.7 Å². The summed E-state index contributed by atoms with van der Waals surface area (Å²) in [7, 11) is 0. The van der Waals surface area contributed by atoms with Gasteiger partial charge in [-0.3, -0.25) is 0 Å². The number of nitrogen functional groups attached to an aromatic ring is 1. The fourth-order valence-corrected chi connectivity index (χ4v) is 3.89. The van der Waals surface area contributed by atoms with Crippen molar-refractivity contribution in [1.29, 1.82) is 0 Å². The van der Waals surface area contributed by atoms with Crippen LogP contribution >= 0.6 is 23.1 Å². The molecular weight excluding hydrogens is 337 g/mol. The van der Waals surface area contributed by atoms with Gasteiger partial charge in [0, 0.05) is 4.90 Å². The van der Waals surface area contributed by atoms with Gasteiger partial charge in [0.15, 0.2) is 0 Å². The lowest BCUT2D eigenvalue weighted by Crippen LogP contribution is -2.12. The highest BCUT2D eigenvalue weighted by molar-refractivity contribution is 8.00. The topological polar surface area (TPSA) is 92.3 Å². The van der Waals surface area contributed by atoms with Crippen molar-refractivity contribution in [2.75, 3.05) is 18.9 Å². The molecule has 0 bridgehead atoms. The second-order valence-electron chi connectivity index (χ2n) is 4.83. The molecule has 0 aliphatic heterocycles. The van der Waals surface area contributed by atoms with Crippen LogP contribution in [0.5, 0.6) is 0 Å². The molecule has 1 aromatic carbocycles. The van der Waals surface area contributed by atoms with Crippen LogP contribution in [-0.4, -0.2) is 38.6 Å². The number of fused-ring (bicyclic) bond motifs is 1. The third-order valence-electron chi connectivity index (χ3n) is 3.17. The summed E-state index contributed by atoms with van der Waals surface area (Å²) in [5, 5.41) is 18.7. The molecule has 2 heterocycles. The van der Waals surface area contributed by atoms with E-state index in [0.717, 1.165) is 15.1 Å². The highest BCUT2D eigenvalue weighted by Gasteiger charge is 2.12. The van der Waals surface area contributed by atoms with Crippen LogP contribution in [-0.2, 0) is 0 Å². The van der Waals surface area contributed by atoms with E-state index in [1.165, 1.54) is 29.2 Å². The monoisotopic (exact) mass is 351 g/mol. The molecule has 0 fully saturated rings. The van der Waals surface area contributed by atoms with Crippen molar-refractivity contribution >= 4 is 39.0 Å². The number of aliphatic hydroxyl groups is 2. The van der Waals surface area contributed by atoms with Gasteiger partial charge in [-0.05, 0) is 30.3 Å². The molecule has 23 heavy (non-hydrogen) atoms. The number of hydrogen-bond donors (Lipinski definition) is 3. The maximum atomic E-state index is 13.5. The van der Waals surface area contributed by atoms with Crippen molar-refractivity contribution in [2.45, 2.75) is 10.1 Å². The minimum Gasteiger partial charge on any atom is -0.395 e. The van der Waals surface area contributed by atoms with Crippen molar-refractivity contribution < 1.29 is 14.6 Å². The molecule has 0 aliphatic rings. The predicted molar refractivity (Wildman–Crippen MR) is 91.0 cm³/mol. The molecule has 0 spiro atoms. The van der Waals surface area contributed by atoms with Gasteiger partial charge in [0.2, 0.25) is 5.95 Å². The summed E-state index contributed by atoms with van der Waals surface area (Å²) in [4.78, 5) is 9.20. The van der Waals surface area contributed by atoms with E-state index >= 15 is 0 Å². The minimum absolute atomic E-state index is 0.00703. The van der Waals surface area contributed by atoms with E-state index in [9.17, 15) is 4.39 Å². The zero-order chi connectivity index (χ0) is 16.4. The number of thioether (sulfide) groups is 1. The highest BCUT2D eigenvalue weighted by Crippen LogP contribution is 2.33. The Morgan fingerprint density at radius 2 is 1.96 bits per heavy atom. The molecule has 0 aliphatic carbocycles. The van der Waals surface area contributed by atoms with Gasteiger partial charge < -0.3 is 15.9 Å². The van der Waals surface area contributed by atoms with Crippen LogP contribution < -0.4 is 5.73 Å². The molecule has 2 aromatic heterocycles. The molecule has 0 saturated carbocycles. The van der Waals surface area contributed by atoms with Crippen LogP contribution in [0.4, 0.5) is 10.1 Å². The number of aliphatic hydroxyl groups excluding tert-OH is 2. The van der Waals surface area contributed by atoms with E-state index in [-0.39, 0.29) is 24.2 Å². The average molecular weight is 351 g/mol. The third-order valence-corrected chi connectivity index (χ3v) is 5.36. The van der Waals surface area contributed by atoms with E-state index < -0.39 is 5.95 Å². The molecule has 8 heteroatoms. The number of nitrogens with zero attached hydrogens (tertiary/aromatic N) is 2. The molecule has 3 rings (SSSR count). The summed E-state index contributed by atoms with van der Waals surface area (Å²) in [6, 6.07) is 8.79. The molecule has 4 N–H and O–H groups in total. The maximum absolute atomic E-state index is 13.5. The minimum atomic E-state index is -0.702. The Bertz CT molecular complexity index is 837. The van der Waals surface area contributed by atoms with E-state index in [2.05, 4.69) is 9.97 Å². The fourth-order valence-electron chi connectivity index (χ4n) is 1.98. The van der Waals surface area contributed by atoms with Crippen LogP contribution in [0.3, 0.4) is 0 Å².